The molecule has 1 amide bonds. The maximum Gasteiger partial charge on any atom is 0.241 e. The van der Waals surface area contributed by atoms with E-state index in [1.54, 1.807) is 4.90 Å². The Hall–Kier alpha value is -0.620. The second-order valence-electron chi connectivity index (χ2n) is 8.42. The van der Waals surface area contributed by atoms with Gasteiger partial charge in [0.1, 0.15) is 5.25 Å². The minimum Gasteiger partial charge on any atom is -0.341 e. The van der Waals surface area contributed by atoms with Crippen LogP contribution in [0, 0.1) is 17.8 Å². The molecule has 4 atom stereocenters. The minimum atomic E-state index is -3.42. The molecule has 5 nitrogen and oxygen atoms in total. The van der Waals surface area contributed by atoms with Crippen LogP contribution in [0.3, 0.4) is 0 Å². The fourth-order valence-electron chi connectivity index (χ4n) is 5.07. The van der Waals surface area contributed by atoms with E-state index in [0.29, 0.717) is 24.9 Å². The van der Waals surface area contributed by atoms with Crippen molar-refractivity contribution in [3.8, 4) is 0 Å². The summed E-state index contributed by atoms with van der Waals surface area (Å²) in [6.45, 7) is 5.08. The van der Waals surface area contributed by atoms with Gasteiger partial charge in [0, 0.05) is 19.1 Å². The van der Waals surface area contributed by atoms with Gasteiger partial charge in [-0.1, -0.05) is 33.1 Å². The second-order valence-corrected chi connectivity index (χ2v) is 10.8. The third-order valence-corrected chi connectivity index (χ3v) is 9.30. The monoisotopic (exact) mass is 356 g/mol. The third kappa shape index (κ3) is 3.24. The highest BCUT2D eigenvalue weighted by Crippen LogP contribution is 2.38. The number of fused-ring (bicyclic) bond motifs is 1. The third-order valence-electron chi connectivity index (χ3n) is 6.44. The zero-order chi connectivity index (χ0) is 17.5. The molecule has 6 heteroatoms. The zero-order valence-electron chi connectivity index (χ0n) is 15.0. The van der Waals surface area contributed by atoms with Gasteiger partial charge in [-0.05, 0) is 43.4 Å². The second kappa shape index (κ2) is 6.94. The molecule has 2 saturated carbocycles. The fourth-order valence-corrected chi connectivity index (χ4v) is 7.67. The summed E-state index contributed by atoms with van der Waals surface area (Å²) >= 11 is 0. The molecule has 138 valence electrons. The molecule has 1 heterocycles. The van der Waals surface area contributed by atoms with E-state index in [9.17, 15) is 13.2 Å². The van der Waals surface area contributed by atoms with Gasteiger partial charge in [0.15, 0.2) is 9.84 Å². The van der Waals surface area contributed by atoms with E-state index >= 15 is 0 Å². The lowest BCUT2D eigenvalue weighted by Gasteiger charge is -2.31. The molecule has 1 saturated heterocycles. The number of nitrogens with two attached hydrogens (primary N) is 1. The molecule has 3 fully saturated rings. The highest BCUT2D eigenvalue weighted by molar-refractivity contribution is 7.93. The molecule has 0 aromatic carbocycles. The summed E-state index contributed by atoms with van der Waals surface area (Å²) in [5, 5.41) is -1.21. The van der Waals surface area contributed by atoms with E-state index in [1.165, 1.54) is 0 Å². The van der Waals surface area contributed by atoms with Gasteiger partial charge >= 0.3 is 0 Å². The Balaban J connectivity index is 1.77. The molecule has 0 radical (unpaired) electrons. The van der Waals surface area contributed by atoms with Crippen LogP contribution in [-0.2, 0) is 14.6 Å². The van der Waals surface area contributed by atoms with Gasteiger partial charge in [-0.25, -0.2) is 8.42 Å². The Labute approximate surface area is 146 Å². The van der Waals surface area contributed by atoms with Gasteiger partial charge in [-0.2, -0.15) is 0 Å². The minimum absolute atomic E-state index is 0.167. The zero-order valence-corrected chi connectivity index (χ0v) is 15.8. The van der Waals surface area contributed by atoms with E-state index in [0.717, 1.165) is 44.9 Å². The Morgan fingerprint density at radius 1 is 1.04 bits per heavy atom. The molecular formula is C18H32N2O3S. The lowest BCUT2D eigenvalue weighted by Crippen LogP contribution is -2.49. The van der Waals surface area contributed by atoms with Crippen molar-refractivity contribution in [2.75, 3.05) is 13.1 Å². The molecule has 0 spiro atoms. The normalized spacial score (nSPS) is 33.0. The number of likely N-dealkylation sites (tertiary alicyclic amines) is 1. The summed E-state index contributed by atoms with van der Waals surface area (Å²) in [5.74, 6) is 0.476. The summed E-state index contributed by atoms with van der Waals surface area (Å²) < 4.78 is 26.3. The number of amides is 1. The van der Waals surface area contributed by atoms with Crippen molar-refractivity contribution in [1.82, 2.24) is 4.90 Å². The van der Waals surface area contributed by atoms with Crippen LogP contribution in [0.4, 0.5) is 0 Å². The Bertz CT molecular complexity index is 569. The van der Waals surface area contributed by atoms with Crippen LogP contribution in [-0.4, -0.2) is 48.9 Å². The predicted molar refractivity (Wildman–Crippen MR) is 95.2 cm³/mol. The number of nitrogens with zero attached hydrogens (tertiary/aromatic N) is 1. The lowest BCUT2D eigenvalue weighted by molar-refractivity contribution is -0.130. The maximum atomic E-state index is 13.2. The quantitative estimate of drug-likeness (QED) is 0.835. The highest BCUT2D eigenvalue weighted by Gasteiger charge is 2.48. The van der Waals surface area contributed by atoms with Crippen molar-refractivity contribution < 1.29 is 13.2 Å². The van der Waals surface area contributed by atoms with Crippen molar-refractivity contribution >= 4 is 15.7 Å². The summed E-state index contributed by atoms with van der Waals surface area (Å²) in [5.41, 5.74) is 6.16. The van der Waals surface area contributed by atoms with E-state index < -0.39 is 15.1 Å². The number of carbonyl (C=O) groups excluding carboxylic acids is 1. The van der Waals surface area contributed by atoms with Crippen LogP contribution < -0.4 is 5.73 Å². The molecule has 24 heavy (non-hydrogen) atoms. The van der Waals surface area contributed by atoms with E-state index in [4.69, 9.17) is 5.73 Å². The van der Waals surface area contributed by atoms with Crippen LogP contribution in [0.15, 0.2) is 0 Å². The molecule has 4 unspecified atom stereocenters. The van der Waals surface area contributed by atoms with Gasteiger partial charge in [-0.15, -0.1) is 0 Å². The Kier molecular flexibility index (Phi) is 5.26. The largest absolute Gasteiger partial charge is 0.341 e. The number of hydrogen-bond acceptors (Lipinski definition) is 4. The van der Waals surface area contributed by atoms with Gasteiger partial charge in [0.05, 0.1) is 5.25 Å². The first-order valence-electron chi connectivity index (χ1n) is 9.59. The van der Waals surface area contributed by atoms with E-state index in [-0.39, 0.29) is 23.1 Å². The van der Waals surface area contributed by atoms with Crippen molar-refractivity contribution in [2.45, 2.75) is 75.3 Å². The standard InChI is InChI=1S/C18H32N2O3S/c1-12(2)17(24(22,23)14-6-4-3-5-7-14)18(21)20-10-13-8-9-16(19)15(13)11-20/h12-17H,3-11,19H2,1-2H3. The average Bonchev–Trinajstić information content (AvgIpc) is 3.10. The molecule has 2 aliphatic carbocycles. The Morgan fingerprint density at radius 3 is 2.29 bits per heavy atom. The molecule has 0 aromatic rings. The van der Waals surface area contributed by atoms with Gasteiger partial charge in [-0.3, -0.25) is 4.79 Å². The van der Waals surface area contributed by atoms with Crippen molar-refractivity contribution in [3.63, 3.8) is 0 Å². The molecule has 1 aliphatic heterocycles. The molecule has 0 aromatic heterocycles. The van der Waals surface area contributed by atoms with Crippen molar-refractivity contribution in [2.24, 2.45) is 23.5 Å². The van der Waals surface area contributed by atoms with Gasteiger partial charge in [0.2, 0.25) is 5.91 Å². The number of hydrogen-bond donors (Lipinski definition) is 1. The molecule has 3 aliphatic rings. The van der Waals surface area contributed by atoms with E-state index in [2.05, 4.69) is 0 Å². The first kappa shape index (κ1) is 18.2. The first-order valence-corrected chi connectivity index (χ1v) is 11.2. The molecule has 3 rings (SSSR count). The predicted octanol–water partition coefficient (Wildman–Crippen LogP) is 1.95. The van der Waals surface area contributed by atoms with Gasteiger partial charge < -0.3 is 10.6 Å². The van der Waals surface area contributed by atoms with Crippen LogP contribution in [0.2, 0.25) is 0 Å². The molecule has 0 bridgehead atoms. The van der Waals surface area contributed by atoms with Crippen molar-refractivity contribution in [1.29, 1.82) is 0 Å². The smallest absolute Gasteiger partial charge is 0.241 e. The summed E-state index contributed by atoms with van der Waals surface area (Å²) in [6, 6.07) is 0.167. The Morgan fingerprint density at radius 2 is 1.71 bits per heavy atom. The van der Waals surface area contributed by atoms with Crippen LogP contribution in [0.5, 0.6) is 0 Å². The topological polar surface area (TPSA) is 80.5 Å². The van der Waals surface area contributed by atoms with Crippen LogP contribution in [0.25, 0.3) is 0 Å². The SMILES string of the molecule is CC(C)C(C(=O)N1CC2CCC(N)C2C1)S(=O)(=O)C1CCCCC1. The van der Waals surface area contributed by atoms with E-state index in [1.807, 2.05) is 13.8 Å². The van der Waals surface area contributed by atoms with Gasteiger partial charge in [0.25, 0.3) is 0 Å². The average molecular weight is 357 g/mol. The number of carbonyl (C=O) groups is 1. The summed E-state index contributed by atoms with van der Waals surface area (Å²) in [6.07, 6.45) is 6.57. The fraction of sp³-hybridized carbons (Fsp3) is 0.944. The van der Waals surface area contributed by atoms with Crippen LogP contribution in [0.1, 0.15) is 58.8 Å². The maximum absolute atomic E-state index is 13.2. The first-order chi connectivity index (χ1) is 11.3. The lowest BCUT2D eigenvalue weighted by atomic mass is 9.98. The number of rotatable bonds is 4. The van der Waals surface area contributed by atoms with Crippen molar-refractivity contribution in [3.05, 3.63) is 0 Å². The summed E-state index contributed by atoms with van der Waals surface area (Å²) in [4.78, 5) is 14.9. The highest BCUT2D eigenvalue weighted by atomic mass is 32.2. The summed E-state index contributed by atoms with van der Waals surface area (Å²) in [7, 11) is -3.42. The molecular weight excluding hydrogens is 324 g/mol. The molecule has 2 N–H and O–H groups in total. The number of sulfone groups is 1. The van der Waals surface area contributed by atoms with Crippen LogP contribution >= 0.6 is 0 Å².